The van der Waals surface area contributed by atoms with Crippen LogP contribution in [0.25, 0.3) is 0 Å². The van der Waals surface area contributed by atoms with Gasteiger partial charge in [0.15, 0.2) is 5.82 Å². The molecule has 1 aromatic heterocycles. The van der Waals surface area contributed by atoms with E-state index < -0.39 is 30.2 Å². The lowest BCUT2D eigenvalue weighted by atomic mass is 10.0. The third-order valence-corrected chi connectivity index (χ3v) is 7.47. The normalized spacial score (nSPS) is 30.5. The number of hydrogen-bond donors (Lipinski definition) is 4. The third kappa shape index (κ3) is 5.57. The number of nitrogens with two attached hydrogens (primary N) is 1. The first-order valence-electron chi connectivity index (χ1n) is 12.7. The Morgan fingerprint density at radius 1 is 1.23 bits per heavy atom. The van der Waals surface area contributed by atoms with Crippen LogP contribution in [0.4, 0.5) is 20.2 Å². The van der Waals surface area contributed by atoms with Crippen molar-refractivity contribution in [3.8, 4) is 0 Å². The highest BCUT2D eigenvalue weighted by Gasteiger charge is 2.47. The second-order valence-corrected chi connectivity index (χ2v) is 9.90. The monoisotopic (exact) mass is 494 g/mol. The SMILES string of the molecule is NC1NN2CC(F)CNC2C1C(=O)Nc1cncc(F)c1N1CCC(OCCN2CCCC2)CC1. The molecular weight excluding hydrogens is 458 g/mol. The molecule has 35 heavy (non-hydrogen) atoms. The van der Waals surface area contributed by atoms with Gasteiger partial charge in [0.2, 0.25) is 5.91 Å². The van der Waals surface area contributed by atoms with Crippen molar-refractivity contribution in [3.63, 3.8) is 0 Å². The molecule has 4 saturated heterocycles. The quantitative estimate of drug-likeness (QED) is 0.423. The van der Waals surface area contributed by atoms with Crippen molar-refractivity contribution in [2.24, 2.45) is 11.7 Å². The van der Waals surface area contributed by atoms with Gasteiger partial charge in [0, 0.05) is 32.7 Å². The highest BCUT2D eigenvalue weighted by Crippen LogP contribution is 2.32. The van der Waals surface area contributed by atoms with E-state index in [9.17, 15) is 13.6 Å². The van der Waals surface area contributed by atoms with Crippen molar-refractivity contribution in [2.45, 2.75) is 50.3 Å². The molecule has 0 aromatic carbocycles. The number of hydrazine groups is 1. The Bertz CT molecular complexity index is 881. The average molecular weight is 495 g/mol. The van der Waals surface area contributed by atoms with Crippen LogP contribution in [0.2, 0.25) is 0 Å². The Balaban J connectivity index is 1.19. The van der Waals surface area contributed by atoms with Crippen molar-refractivity contribution in [2.75, 3.05) is 62.6 Å². The van der Waals surface area contributed by atoms with Crippen LogP contribution in [-0.2, 0) is 9.53 Å². The zero-order valence-corrected chi connectivity index (χ0v) is 20.0. The number of carbonyl (C=O) groups is 1. The molecule has 0 radical (unpaired) electrons. The number of piperidine rings is 1. The summed E-state index contributed by atoms with van der Waals surface area (Å²) in [7, 11) is 0. The molecule has 194 valence electrons. The number of halogens is 2. The Kier molecular flexibility index (Phi) is 7.75. The van der Waals surface area contributed by atoms with E-state index >= 15 is 0 Å². The minimum absolute atomic E-state index is 0.150. The molecule has 4 unspecified atom stereocenters. The van der Waals surface area contributed by atoms with E-state index in [1.807, 2.05) is 4.90 Å². The minimum Gasteiger partial charge on any atom is -0.377 e. The van der Waals surface area contributed by atoms with Crippen LogP contribution < -0.4 is 26.7 Å². The smallest absolute Gasteiger partial charge is 0.233 e. The van der Waals surface area contributed by atoms with Crippen LogP contribution in [0.15, 0.2) is 12.4 Å². The number of nitrogens with one attached hydrogen (secondary N) is 3. The Hall–Kier alpha value is -1.96. The van der Waals surface area contributed by atoms with E-state index in [4.69, 9.17) is 10.5 Å². The Labute approximate surface area is 204 Å². The fourth-order valence-corrected chi connectivity index (χ4v) is 5.64. The Morgan fingerprint density at radius 2 is 2.00 bits per heavy atom. The van der Waals surface area contributed by atoms with Crippen molar-refractivity contribution in [1.82, 2.24) is 25.6 Å². The molecule has 0 aliphatic carbocycles. The first-order chi connectivity index (χ1) is 17.0. The number of fused-ring (bicyclic) bond motifs is 1. The average Bonchev–Trinajstić information content (AvgIpc) is 3.46. The van der Waals surface area contributed by atoms with E-state index in [0.29, 0.717) is 24.5 Å². The highest BCUT2D eigenvalue weighted by atomic mass is 19.1. The molecule has 12 heteroatoms. The lowest BCUT2D eigenvalue weighted by Gasteiger charge is -2.35. The fraction of sp³-hybridized carbons (Fsp3) is 0.739. The van der Waals surface area contributed by atoms with Gasteiger partial charge in [-0.15, -0.1) is 0 Å². The number of alkyl halides is 1. The summed E-state index contributed by atoms with van der Waals surface area (Å²) in [6.07, 6.45) is 4.74. The summed E-state index contributed by atoms with van der Waals surface area (Å²) in [4.78, 5) is 21.5. The standard InChI is InChI=1S/C23H36F2N8O2/c24-15-11-28-22-19(21(26)30-33(22)14-15)23(34)29-18-13-27-12-17(25)20(18)32-7-3-16(4-8-32)35-10-9-31-5-1-2-6-31/h12-13,15-16,19,21-22,28,30H,1-11,14,26H2,(H,29,34). The second kappa shape index (κ2) is 11.0. The number of rotatable bonds is 7. The Morgan fingerprint density at radius 3 is 2.77 bits per heavy atom. The molecule has 1 aromatic rings. The van der Waals surface area contributed by atoms with Crippen LogP contribution in [0, 0.1) is 11.7 Å². The van der Waals surface area contributed by atoms with Gasteiger partial charge in [-0.1, -0.05) is 0 Å². The summed E-state index contributed by atoms with van der Waals surface area (Å²) >= 11 is 0. The molecule has 4 fully saturated rings. The number of hydrogen-bond acceptors (Lipinski definition) is 9. The van der Waals surface area contributed by atoms with Crippen LogP contribution in [0.3, 0.4) is 0 Å². The van der Waals surface area contributed by atoms with Crippen molar-refractivity contribution in [1.29, 1.82) is 0 Å². The molecule has 4 aliphatic rings. The maximum atomic E-state index is 14.9. The highest BCUT2D eigenvalue weighted by molar-refractivity contribution is 5.96. The van der Waals surface area contributed by atoms with Gasteiger partial charge in [-0.2, -0.15) is 0 Å². The summed E-state index contributed by atoms with van der Waals surface area (Å²) in [5, 5.41) is 7.51. The molecule has 0 bridgehead atoms. The summed E-state index contributed by atoms with van der Waals surface area (Å²) in [5.74, 6) is -1.52. The topological polar surface area (TPSA) is 111 Å². The van der Waals surface area contributed by atoms with Crippen molar-refractivity contribution >= 4 is 17.3 Å². The molecule has 1 amide bonds. The molecule has 10 nitrogen and oxygen atoms in total. The molecular formula is C23H36F2N8O2. The number of carbonyl (C=O) groups excluding carboxylic acids is 1. The molecule has 4 aliphatic heterocycles. The second-order valence-electron chi connectivity index (χ2n) is 9.90. The van der Waals surface area contributed by atoms with E-state index in [-0.39, 0.29) is 25.1 Å². The van der Waals surface area contributed by atoms with Gasteiger partial charge < -0.3 is 25.6 Å². The molecule has 5 heterocycles. The fourth-order valence-electron chi connectivity index (χ4n) is 5.64. The van der Waals surface area contributed by atoms with Crippen LogP contribution in [0.1, 0.15) is 25.7 Å². The van der Waals surface area contributed by atoms with E-state index in [0.717, 1.165) is 45.3 Å². The summed E-state index contributed by atoms with van der Waals surface area (Å²) in [6, 6.07) is 0. The largest absolute Gasteiger partial charge is 0.377 e. The summed E-state index contributed by atoms with van der Waals surface area (Å²) in [5.41, 5.74) is 9.76. The predicted molar refractivity (Wildman–Crippen MR) is 128 cm³/mol. The van der Waals surface area contributed by atoms with Gasteiger partial charge in [0.25, 0.3) is 0 Å². The zero-order valence-electron chi connectivity index (χ0n) is 20.0. The van der Waals surface area contributed by atoms with Crippen molar-refractivity contribution in [3.05, 3.63) is 18.2 Å². The maximum absolute atomic E-state index is 14.9. The van der Waals surface area contributed by atoms with E-state index in [1.165, 1.54) is 19.0 Å². The number of nitrogens with zero attached hydrogens (tertiary/aromatic N) is 4. The van der Waals surface area contributed by atoms with E-state index in [1.54, 1.807) is 5.01 Å². The van der Waals surface area contributed by atoms with Crippen LogP contribution in [0.5, 0.6) is 0 Å². The predicted octanol–water partition coefficient (Wildman–Crippen LogP) is 0.229. The first-order valence-corrected chi connectivity index (χ1v) is 12.7. The van der Waals surface area contributed by atoms with Gasteiger partial charge in [-0.05, 0) is 38.8 Å². The lowest BCUT2D eigenvalue weighted by Crippen LogP contribution is -2.58. The van der Waals surface area contributed by atoms with Gasteiger partial charge in [-0.25, -0.2) is 19.2 Å². The van der Waals surface area contributed by atoms with Crippen molar-refractivity contribution < 1.29 is 18.3 Å². The van der Waals surface area contributed by atoms with Gasteiger partial charge in [0.1, 0.15) is 11.9 Å². The maximum Gasteiger partial charge on any atom is 0.233 e. The van der Waals surface area contributed by atoms with Gasteiger partial charge >= 0.3 is 0 Å². The minimum atomic E-state index is -1.04. The molecule has 0 spiro atoms. The number of anilines is 2. The molecule has 4 atom stereocenters. The first kappa shape index (κ1) is 24.7. The molecule has 5 N–H and O–H groups in total. The number of ether oxygens (including phenoxy) is 1. The molecule has 0 saturated carbocycles. The number of likely N-dealkylation sites (tertiary alicyclic amines) is 1. The van der Waals surface area contributed by atoms with E-state index in [2.05, 4.69) is 25.9 Å². The van der Waals surface area contributed by atoms with Gasteiger partial charge in [-0.3, -0.25) is 15.1 Å². The summed E-state index contributed by atoms with van der Waals surface area (Å²) in [6.45, 7) is 5.55. The number of amides is 1. The van der Waals surface area contributed by atoms with Gasteiger partial charge in [0.05, 0.1) is 49.0 Å². The number of aromatic nitrogens is 1. The lowest BCUT2D eigenvalue weighted by molar-refractivity contribution is -0.121. The summed E-state index contributed by atoms with van der Waals surface area (Å²) < 4.78 is 34.8. The van der Waals surface area contributed by atoms with Crippen LogP contribution >= 0.6 is 0 Å². The molecule has 5 rings (SSSR count). The van der Waals surface area contributed by atoms with Crippen LogP contribution in [-0.4, -0.2) is 97.8 Å². The third-order valence-electron chi connectivity index (χ3n) is 7.47. The zero-order chi connectivity index (χ0) is 24.4. The number of pyridine rings is 1.